The van der Waals surface area contributed by atoms with E-state index in [-0.39, 0.29) is 6.54 Å². The minimum atomic E-state index is -3.21. The molecule has 1 atom stereocenters. The molecule has 0 bridgehead atoms. The number of sulfonamides is 1. The van der Waals surface area contributed by atoms with Gasteiger partial charge in [-0.05, 0) is 6.07 Å². The Morgan fingerprint density at radius 3 is 2.84 bits per heavy atom. The molecule has 1 saturated heterocycles. The minimum Gasteiger partial charge on any atom is -0.367 e. The Morgan fingerprint density at radius 2 is 2.21 bits per heavy atom. The van der Waals surface area contributed by atoms with Crippen LogP contribution in [0.15, 0.2) is 12.3 Å². The lowest BCUT2D eigenvalue weighted by molar-refractivity contribution is -0.00727. The number of anilines is 1. The Bertz CT molecular complexity index is 547. The maximum atomic E-state index is 11.6. The standard InChI is InChI=1S/C11H18N4O3S/c1-14(2)10-4-5-12-11(13-10)9-8-15(6-7-18-9)19(3,16)17/h4-5,9H,6-8H2,1-3H3/t9-/m0/s1. The van der Waals surface area contributed by atoms with E-state index < -0.39 is 16.1 Å². The second-order valence-corrected chi connectivity index (χ2v) is 6.63. The van der Waals surface area contributed by atoms with Crippen molar-refractivity contribution in [3.8, 4) is 0 Å². The SMILES string of the molecule is CN(C)c1ccnc([C@@H]2CN(S(C)(=O)=O)CCO2)n1. The molecule has 7 nitrogen and oxygen atoms in total. The maximum absolute atomic E-state index is 11.6. The summed E-state index contributed by atoms with van der Waals surface area (Å²) in [6.07, 6.45) is 2.44. The summed E-state index contributed by atoms with van der Waals surface area (Å²) in [6, 6.07) is 1.79. The average Bonchev–Trinajstić information content (AvgIpc) is 2.38. The van der Waals surface area contributed by atoms with Gasteiger partial charge in [-0.3, -0.25) is 0 Å². The van der Waals surface area contributed by atoms with Gasteiger partial charge in [0.15, 0.2) is 5.82 Å². The zero-order valence-electron chi connectivity index (χ0n) is 11.3. The van der Waals surface area contributed by atoms with E-state index in [2.05, 4.69) is 9.97 Å². The lowest BCUT2D eigenvalue weighted by Gasteiger charge is -2.30. The fourth-order valence-electron chi connectivity index (χ4n) is 1.85. The number of rotatable bonds is 3. The van der Waals surface area contributed by atoms with Crippen molar-refractivity contribution >= 4 is 15.8 Å². The molecular weight excluding hydrogens is 268 g/mol. The first-order chi connectivity index (χ1) is 8.88. The van der Waals surface area contributed by atoms with Gasteiger partial charge < -0.3 is 9.64 Å². The normalized spacial score (nSPS) is 21.3. The Kier molecular flexibility index (Phi) is 4.02. The van der Waals surface area contributed by atoms with Gasteiger partial charge in [0, 0.05) is 33.4 Å². The molecule has 1 aromatic rings. The van der Waals surface area contributed by atoms with Crippen molar-refractivity contribution in [1.82, 2.24) is 14.3 Å². The summed E-state index contributed by atoms with van der Waals surface area (Å²) in [5.74, 6) is 1.28. The first kappa shape index (κ1) is 14.2. The predicted molar refractivity (Wildman–Crippen MR) is 71.5 cm³/mol. The molecule has 8 heteroatoms. The fraction of sp³-hybridized carbons (Fsp3) is 0.636. The molecular formula is C11H18N4O3S. The largest absolute Gasteiger partial charge is 0.367 e. The monoisotopic (exact) mass is 286 g/mol. The van der Waals surface area contributed by atoms with Crippen LogP contribution in [0.4, 0.5) is 5.82 Å². The van der Waals surface area contributed by atoms with E-state index in [0.29, 0.717) is 19.0 Å². The molecule has 2 heterocycles. The summed E-state index contributed by atoms with van der Waals surface area (Å²) in [4.78, 5) is 10.4. The van der Waals surface area contributed by atoms with E-state index in [1.54, 1.807) is 12.3 Å². The summed E-state index contributed by atoms with van der Waals surface area (Å²) < 4.78 is 30.1. The van der Waals surface area contributed by atoms with Gasteiger partial charge in [0.2, 0.25) is 10.0 Å². The van der Waals surface area contributed by atoms with E-state index in [0.717, 1.165) is 5.82 Å². The van der Waals surface area contributed by atoms with Crippen molar-refractivity contribution in [2.75, 3.05) is 44.9 Å². The molecule has 1 aliphatic rings. The quantitative estimate of drug-likeness (QED) is 0.771. The summed E-state index contributed by atoms with van der Waals surface area (Å²) in [5, 5.41) is 0. The van der Waals surface area contributed by atoms with Crippen LogP contribution >= 0.6 is 0 Å². The van der Waals surface area contributed by atoms with Crippen molar-refractivity contribution in [3.05, 3.63) is 18.1 Å². The van der Waals surface area contributed by atoms with Gasteiger partial charge in [0.05, 0.1) is 12.9 Å². The lowest BCUT2D eigenvalue weighted by Crippen LogP contribution is -2.42. The number of ether oxygens (including phenoxy) is 1. The molecule has 1 fully saturated rings. The van der Waals surface area contributed by atoms with E-state index in [4.69, 9.17) is 4.74 Å². The molecule has 2 rings (SSSR count). The number of aromatic nitrogens is 2. The van der Waals surface area contributed by atoms with E-state index >= 15 is 0 Å². The molecule has 0 radical (unpaired) electrons. The van der Waals surface area contributed by atoms with Crippen LogP contribution in [0.1, 0.15) is 11.9 Å². The van der Waals surface area contributed by atoms with Crippen molar-refractivity contribution < 1.29 is 13.2 Å². The van der Waals surface area contributed by atoms with Crippen LogP contribution in [0.25, 0.3) is 0 Å². The maximum Gasteiger partial charge on any atom is 0.211 e. The molecule has 0 aliphatic carbocycles. The smallest absolute Gasteiger partial charge is 0.211 e. The van der Waals surface area contributed by atoms with Gasteiger partial charge >= 0.3 is 0 Å². The van der Waals surface area contributed by atoms with E-state index in [1.807, 2.05) is 19.0 Å². The number of hydrogen-bond donors (Lipinski definition) is 0. The summed E-state index contributed by atoms with van der Waals surface area (Å²) in [7, 11) is 0.565. The molecule has 19 heavy (non-hydrogen) atoms. The van der Waals surface area contributed by atoms with Crippen LogP contribution in [0.2, 0.25) is 0 Å². The third-order valence-electron chi connectivity index (χ3n) is 2.90. The Hall–Kier alpha value is -1.25. The number of morpholine rings is 1. The number of hydrogen-bond acceptors (Lipinski definition) is 6. The molecule has 0 spiro atoms. The Balaban J connectivity index is 2.20. The van der Waals surface area contributed by atoms with Crippen molar-refractivity contribution in [2.45, 2.75) is 6.10 Å². The summed E-state index contributed by atoms with van der Waals surface area (Å²) in [5.41, 5.74) is 0. The molecule has 1 aromatic heterocycles. The highest BCUT2D eigenvalue weighted by Crippen LogP contribution is 2.21. The van der Waals surface area contributed by atoms with Crippen LogP contribution in [-0.2, 0) is 14.8 Å². The molecule has 0 saturated carbocycles. The highest BCUT2D eigenvalue weighted by molar-refractivity contribution is 7.88. The first-order valence-corrected chi connectivity index (χ1v) is 7.80. The first-order valence-electron chi connectivity index (χ1n) is 5.95. The van der Waals surface area contributed by atoms with E-state index in [1.165, 1.54) is 10.6 Å². The second-order valence-electron chi connectivity index (χ2n) is 4.65. The molecule has 0 amide bonds. The number of nitrogens with zero attached hydrogens (tertiary/aromatic N) is 4. The summed E-state index contributed by atoms with van der Waals surface area (Å²) in [6.45, 7) is 0.992. The van der Waals surface area contributed by atoms with Gasteiger partial charge in [-0.15, -0.1) is 0 Å². The molecule has 0 aromatic carbocycles. The van der Waals surface area contributed by atoms with Gasteiger partial charge in [0.25, 0.3) is 0 Å². The predicted octanol–water partition coefficient (Wildman–Crippen LogP) is -0.124. The second kappa shape index (κ2) is 5.40. The Morgan fingerprint density at radius 1 is 1.47 bits per heavy atom. The van der Waals surface area contributed by atoms with Crippen LogP contribution in [0, 0.1) is 0 Å². The summed E-state index contributed by atoms with van der Waals surface area (Å²) >= 11 is 0. The van der Waals surface area contributed by atoms with E-state index in [9.17, 15) is 8.42 Å². The van der Waals surface area contributed by atoms with Crippen LogP contribution in [0.5, 0.6) is 0 Å². The highest BCUT2D eigenvalue weighted by atomic mass is 32.2. The van der Waals surface area contributed by atoms with Gasteiger partial charge in [-0.1, -0.05) is 0 Å². The van der Waals surface area contributed by atoms with Gasteiger partial charge in [0.1, 0.15) is 11.9 Å². The topological polar surface area (TPSA) is 75.6 Å². The zero-order chi connectivity index (χ0) is 14.0. The highest BCUT2D eigenvalue weighted by Gasteiger charge is 2.29. The van der Waals surface area contributed by atoms with Crippen LogP contribution in [0.3, 0.4) is 0 Å². The van der Waals surface area contributed by atoms with Gasteiger partial charge in [-0.2, -0.15) is 4.31 Å². The van der Waals surface area contributed by atoms with Crippen LogP contribution in [-0.4, -0.2) is 62.7 Å². The van der Waals surface area contributed by atoms with Crippen molar-refractivity contribution in [2.24, 2.45) is 0 Å². The lowest BCUT2D eigenvalue weighted by atomic mass is 10.3. The fourth-order valence-corrected chi connectivity index (χ4v) is 2.66. The average molecular weight is 286 g/mol. The zero-order valence-corrected chi connectivity index (χ0v) is 12.1. The van der Waals surface area contributed by atoms with Gasteiger partial charge in [-0.25, -0.2) is 18.4 Å². The third kappa shape index (κ3) is 3.40. The molecule has 0 unspecified atom stereocenters. The minimum absolute atomic E-state index is 0.260. The van der Waals surface area contributed by atoms with Crippen molar-refractivity contribution in [1.29, 1.82) is 0 Å². The van der Waals surface area contributed by atoms with Crippen molar-refractivity contribution in [3.63, 3.8) is 0 Å². The van der Waals surface area contributed by atoms with Crippen LogP contribution < -0.4 is 4.90 Å². The molecule has 106 valence electrons. The molecule has 0 N–H and O–H groups in total. The third-order valence-corrected chi connectivity index (χ3v) is 4.17. The molecule has 1 aliphatic heterocycles. The Labute approximate surface area is 113 Å².